The average Bonchev–Trinajstić information content (AvgIpc) is 2.89. The number of pyridine rings is 1. The molecule has 0 saturated heterocycles. The van der Waals surface area contributed by atoms with E-state index in [1.807, 2.05) is 35.7 Å². The number of anilines is 1. The minimum atomic E-state index is -0.511. The van der Waals surface area contributed by atoms with Crippen LogP contribution in [0.1, 0.15) is 28.7 Å². The first-order valence-corrected chi connectivity index (χ1v) is 7.03. The molecule has 0 aliphatic heterocycles. The number of nitrogens with one attached hydrogen (secondary N) is 1. The number of hydrogen-bond donors (Lipinski definition) is 1. The molecule has 0 spiro atoms. The number of aromatic nitrogens is 2. The number of ketones is 1. The number of aryl methyl sites for hydroxylation is 1. The standard InChI is InChI=1S/C17H16FN3O/c1-11-5-3-8-16-20-13(10-21(11)16)9-19-15-7-4-6-14(18)17(15)12(2)22/h3-8,10,19H,9H2,1-2H3. The van der Waals surface area contributed by atoms with Crippen molar-refractivity contribution in [2.24, 2.45) is 0 Å². The highest BCUT2D eigenvalue weighted by molar-refractivity contribution is 5.99. The summed E-state index contributed by atoms with van der Waals surface area (Å²) >= 11 is 0. The normalized spacial score (nSPS) is 10.9. The van der Waals surface area contributed by atoms with Crippen LogP contribution in [0.25, 0.3) is 5.65 Å². The smallest absolute Gasteiger partial charge is 0.164 e. The molecule has 0 amide bonds. The van der Waals surface area contributed by atoms with E-state index < -0.39 is 5.82 Å². The van der Waals surface area contributed by atoms with Gasteiger partial charge in [0.1, 0.15) is 11.5 Å². The van der Waals surface area contributed by atoms with E-state index in [9.17, 15) is 9.18 Å². The molecule has 0 bridgehead atoms. The van der Waals surface area contributed by atoms with E-state index in [4.69, 9.17) is 0 Å². The topological polar surface area (TPSA) is 46.4 Å². The van der Waals surface area contributed by atoms with Gasteiger partial charge in [-0.05, 0) is 38.1 Å². The highest BCUT2D eigenvalue weighted by Gasteiger charge is 2.13. The van der Waals surface area contributed by atoms with Crippen molar-refractivity contribution in [3.63, 3.8) is 0 Å². The molecule has 1 N–H and O–H groups in total. The maximum Gasteiger partial charge on any atom is 0.164 e. The Morgan fingerprint density at radius 2 is 2.05 bits per heavy atom. The highest BCUT2D eigenvalue weighted by atomic mass is 19.1. The summed E-state index contributed by atoms with van der Waals surface area (Å²) in [5, 5.41) is 3.10. The zero-order chi connectivity index (χ0) is 15.7. The van der Waals surface area contributed by atoms with Crippen molar-refractivity contribution in [3.8, 4) is 0 Å². The fourth-order valence-electron chi connectivity index (χ4n) is 2.50. The van der Waals surface area contributed by atoms with Crippen LogP contribution in [0, 0.1) is 12.7 Å². The summed E-state index contributed by atoms with van der Waals surface area (Å²) in [7, 11) is 0. The Bertz CT molecular complexity index is 854. The van der Waals surface area contributed by atoms with Crippen LogP contribution < -0.4 is 5.32 Å². The van der Waals surface area contributed by atoms with Gasteiger partial charge in [-0.2, -0.15) is 0 Å². The predicted octanol–water partition coefficient (Wildman–Crippen LogP) is 3.60. The van der Waals surface area contributed by atoms with E-state index >= 15 is 0 Å². The van der Waals surface area contributed by atoms with Crippen molar-refractivity contribution < 1.29 is 9.18 Å². The van der Waals surface area contributed by atoms with E-state index in [2.05, 4.69) is 10.3 Å². The summed E-state index contributed by atoms with van der Waals surface area (Å²) < 4.78 is 15.8. The molecule has 0 aliphatic carbocycles. The van der Waals surface area contributed by atoms with Crippen molar-refractivity contribution in [1.82, 2.24) is 9.38 Å². The first-order chi connectivity index (χ1) is 10.6. The van der Waals surface area contributed by atoms with Crippen molar-refractivity contribution in [2.45, 2.75) is 20.4 Å². The molecular weight excluding hydrogens is 281 g/mol. The molecule has 0 unspecified atom stereocenters. The van der Waals surface area contributed by atoms with Gasteiger partial charge < -0.3 is 9.72 Å². The summed E-state index contributed by atoms with van der Waals surface area (Å²) in [6, 6.07) is 10.5. The lowest BCUT2D eigenvalue weighted by Gasteiger charge is -2.09. The zero-order valence-electron chi connectivity index (χ0n) is 12.4. The summed E-state index contributed by atoms with van der Waals surface area (Å²) in [6.07, 6.45) is 1.93. The Labute approximate surface area is 127 Å². The molecule has 1 aromatic carbocycles. The summed E-state index contributed by atoms with van der Waals surface area (Å²) in [4.78, 5) is 16.1. The van der Waals surface area contributed by atoms with Crippen LogP contribution in [0.2, 0.25) is 0 Å². The van der Waals surface area contributed by atoms with Gasteiger partial charge in [0.25, 0.3) is 0 Å². The van der Waals surface area contributed by atoms with Gasteiger partial charge in [-0.25, -0.2) is 9.37 Å². The third-order valence-corrected chi connectivity index (χ3v) is 3.57. The minimum absolute atomic E-state index is 0.0856. The molecule has 0 radical (unpaired) electrons. The summed E-state index contributed by atoms with van der Waals surface area (Å²) in [5.41, 5.74) is 3.35. The molecule has 2 heterocycles. The number of imidazole rings is 1. The van der Waals surface area contributed by atoms with Crippen LogP contribution >= 0.6 is 0 Å². The summed E-state index contributed by atoms with van der Waals surface area (Å²) in [6.45, 7) is 3.79. The molecule has 5 heteroatoms. The van der Waals surface area contributed by atoms with Crippen molar-refractivity contribution in [1.29, 1.82) is 0 Å². The van der Waals surface area contributed by atoms with Gasteiger partial charge in [-0.15, -0.1) is 0 Å². The van der Waals surface area contributed by atoms with Gasteiger partial charge in [-0.1, -0.05) is 12.1 Å². The van der Waals surface area contributed by atoms with Gasteiger partial charge in [0, 0.05) is 17.6 Å². The quantitative estimate of drug-likeness (QED) is 0.748. The van der Waals surface area contributed by atoms with Crippen molar-refractivity contribution in [2.75, 3.05) is 5.32 Å². The van der Waals surface area contributed by atoms with Gasteiger partial charge in [0.15, 0.2) is 5.78 Å². The van der Waals surface area contributed by atoms with E-state index in [1.165, 1.54) is 13.0 Å². The van der Waals surface area contributed by atoms with Gasteiger partial charge in [0.05, 0.1) is 17.8 Å². The van der Waals surface area contributed by atoms with Crippen LogP contribution in [0.5, 0.6) is 0 Å². The third kappa shape index (κ3) is 2.57. The molecule has 0 saturated carbocycles. The van der Waals surface area contributed by atoms with Crippen LogP contribution in [-0.2, 0) is 6.54 Å². The molecule has 4 nitrogen and oxygen atoms in total. The lowest BCUT2D eigenvalue weighted by Crippen LogP contribution is -2.07. The molecule has 0 atom stereocenters. The Morgan fingerprint density at radius 3 is 2.77 bits per heavy atom. The Hall–Kier alpha value is -2.69. The first kappa shape index (κ1) is 14.3. The van der Waals surface area contributed by atoms with Crippen LogP contribution in [0.4, 0.5) is 10.1 Å². The maximum atomic E-state index is 13.8. The minimum Gasteiger partial charge on any atom is -0.379 e. The lowest BCUT2D eigenvalue weighted by molar-refractivity contribution is 0.101. The predicted molar refractivity (Wildman–Crippen MR) is 83.7 cm³/mol. The van der Waals surface area contributed by atoms with Crippen LogP contribution in [0.15, 0.2) is 42.6 Å². The fourth-order valence-corrected chi connectivity index (χ4v) is 2.50. The van der Waals surface area contributed by atoms with Gasteiger partial charge in [0.2, 0.25) is 0 Å². The second-order valence-electron chi connectivity index (χ2n) is 5.20. The SMILES string of the molecule is CC(=O)c1c(F)cccc1NCc1cn2c(C)cccc2n1. The number of Topliss-reactive ketones (excluding diaryl/α,β-unsaturated/α-hetero) is 1. The number of carbonyl (C=O) groups is 1. The molecule has 22 heavy (non-hydrogen) atoms. The fraction of sp³-hybridized carbons (Fsp3) is 0.176. The zero-order valence-corrected chi connectivity index (χ0v) is 12.4. The number of halogens is 1. The van der Waals surface area contributed by atoms with Gasteiger partial charge in [-0.3, -0.25) is 4.79 Å². The molecule has 0 fully saturated rings. The van der Waals surface area contributed by atoms with E-state index in [1.54, 1.807) is 12.1 Å². The number of carbonyl (C=O) groups excluding carboxylic acids is 1. The molecule has 3 rings (SSSR count). The lowest BCUT2D eigenvalue weighted by atomic mass is 10.1. The largest absolute Gasteiger partial charge is 0.379 e. The average molecular weight is 297 g/mol. The number of hydrogen-bond acceptors (Lipinski definition) is 3. The highest BCUT2D eigenvalue weighted by Crippen LogP contribution is 2.20. The van der Waals surface area contributed by atoms with E-state index in [-0.39, 0.29) is 11.3 Å². The first-order valence-electron chi connectivity index (χ1n) is 7.03. The summed E-state index contributed by atoms with van der Waals surface area (Å²) in [5.74, 6) is -0.810. The van der Waals surface area contributed by atoms with Crippen molar-refractivity contribution in [3.05, 3.63) is 65.4 Å². The van der Waals surface area contributed by atoms with Crippen LogP contribution in [0.3, 0.4) is 0 Å². The maximum absolute atomic E-state index is 13.8. The van der Waals surface area contributed by atoms with E-state index in [0.29, 0.717) is 12.2 Å². The second-order valence-corrected chi connectivity index (χ2v) is 5.20. The van der Waals surface area contributed by atoms with Crippen LogP contribution in [-0.4, -0.2) is 15.2 Å². The Morgan fingerprint density at radius 1 is 1.27 bits per heavy atom. The van der Waals surface area contributed by atoms with E-state index in [0.717, 1.165) is 17.0 Å². The monoisotopic (exact) mass is 297 g/mol. The third-order valence-electron chi connectivity index (χ3n) is 3.57. The van der Waals surface area contributed by atoms with Crippen molar-refractivity contribution >= 4 is 17.1 Å². The number of fused-ring (bicyclic) bond motifs is 1. The molecule has 2 aromatic heterocycles. The molecular formula is C17H16FN3O. The number of rotatable bonds is 4. The second kappa shape index (κ2) is 5.60. The molecule has 112 valence electrons. The Balaban J connectivity index is 1.87. The number of benzene rings is 1. The van der Waals surface area contributed by atoms with Gasteiger partial charge >= 0.3 is 0 Å². The number of nitrogens with zero attached hydrogens (tertiary/aromatic N) is 2. The molecule has 0 aliphatic rings. The molecule has 3 aromatic rings. The Kier molecular flexibility index (Phi) is 3.63.